The highest BCUT2D eigenvalue weighted by Crippen LogP contribution is 2.77. The number of carbonyl (C=O) groups excluding carboxylic acids is 4. The molecule has 1 aromatic rings. The molecule has 6 saturated carbocycles. The predicted octanol–water partition coefficient (Wildman–Crippen LogP) is 10.5. The van der Waals surface area contributed by atoms with Gasteiger partial charge >= 0.3 is 11.9 Å². The molecule has 340 valence electrons. The van der Waals surface area contributed by atoms with Crippen molar-refractivity contribution < 1.29 is 33.8 Å². The highest BCUT2D eigenvalue weighted by molar-refractivity contribution is 6.30. The minimum absolute atomic E-state index is 0.0227. The van der Waals surface area contributed by atoms with Crippen LogP contribution in [0.25, 0.3) is 0 Å². The number of hydrogen-bond acceptors (Lipinski definition) is 6. The second kappa shape index (κ2) is 15.5. The lowest BCUT2D eigenvalue weighted by molar-refractivity contribution is -0.236. The predicted molar refractivity (Wildman–Crippen MR) is 240 cm³/mol. The third kappa shape index (κ3) is 6.93. The number of ketones is 1. The summed E-state index contributed by atoms with van der Waals surface area (Å²) in [5, 5.41) is 16.9. The van der Waals surface area contributed by atoms with Crippen molar-refractivity contribution in [1.29, 1.82) is 0 Å². The Morgan fingerprint density at radius 2 is 1.48 bits per heavy atom. The maximum Gasteiger partial charge on any atom is 0.309 e. The Labute approximate surface area is 375 Å². The van der Waals surface area contributed by atoms with Gasteiger partial charge in [-0.15, -0.1) is 0 Å². The second-order valence-electron chi connectivity index (χ2n) is 23.7. The summed E-state index contributed by atoms with van der Waals surface area (Å²) >= 11 is 6.09. The number of carboxylic acids is 1. The van der Waals surface area contributed by atoms with E-state index < -0.39 is 34.2 Å². The molecule has 3 N–H and O–H groups in total. The van der Waals surface area contributed by atoms with E-state index in [1.54, 1.807) is 24.3 Å². The minimum Gasteiger partial charge on any atom is -0.481 e. The molecule has 0 bridgehead atoms. The zero-order valence-corrected chi connectivity index (χ0v) is 39.7. The van der Waals surface area contributed by atoms with Crippen molar-refractivity contribution in [3.8, 4) is 0 Å². The molecule has 0 heterocycles. The van der Waals surface area contributed by atoms with E-state index in [0.29, 0.717) is 48.2 Å². The molecule has 1 aromatic carbocycles. The third-order valence-corrected chi connectivity index (χ3v) is 20.0. The number of aliphatic carboxylic acids is 1. The van der Waals surface area contributed by atoms with Crippen LogP contribution in [0.4, 0.5) is 0 Å². The van der Waals surface area contributed by atoms with E-state index >= 15 is 0 Å². The van der Waals surface area contributed by atoms with Crippen LogP contribution in [0.2, 0.25) is 5.02 Å². The zero-order chi connectivity index (χ0) is 45.0. The van der Waals surface area contributed by atoms with Crippen LogP contribution in [0, 0.1) is 68.0 Å². The normalized spacial score (nSPS) is 38.8. The molecule has 0 saturated heterocycles. The monoisotopic (exact) mass is 873 g/mol. The molecule has 9 nitrogen and oxygen atoms in total. The van der Waals surface area contributed by atoms with E-state index in [1.807, 2.05) is 13.8 Å². The van der Waals surface area contributed by atoms with Gasteiger partial charge in [0, 0.05) is 40.8 Å². The maximum absolute atomic E-state index is 14.3. The summed E-state index contributed by atoms with van der Waals surface area (Å²) in [4.78, 5) is 67.5. The van der Waals surface area contributed by atoms with E-state index in [0.717, 1.165) is 82.6 Å². The van der Waals surface area contributed by atoms with E-state index in [1.165, 1.54) is 5.57 Å². The summed E-state index contributed by atoms with van der Waals surface area (Å²) < 4.78 is 6.43. The first kappa shape index (κ1) is 45.4. The highest BCUT2D eigenvalue weighted by Gasteiger charge is 2.70. The van der Waals surface area contributed by atoms with Crippen molar-refractivity contribution in [3.63, 3.8) is 0 Å². The Bertz CT molecular complexity index is 2050. The highest BCUT2D eigenvalue weighted by atomic mass is 35.5. The molecule has 62 heavy (non-hydrogen) atoms. The summed E-state index contributed by atoms with van der Waals surface area (Å²) in [6.45, 7) is 20.7. The Morgan fingerprint density at radius 3 is 2.11 bits per heavy atom. The molecule has 7 aliphatic carbocycles. The number of hydrogen-bond donors (Lipinski definition) is 3. The lowest BCUT2D eigenvalue weighted by Crippen LogP contribution is -2.66. The molecule has 7 aliphatic rings. The zero-order valence-electron chi connectivity index (χ0n) is 38.9. The number of ether oxygens (including phenoxy) is 1. The van der Waals surface area contributed by atoms with Crippen LogP contribution in [0.15, 0.2) is 35.4 Å². The summed E-state index contributed by atoms with van der Waals surface area (Å²) in [6, 6.07) is 6.90. The molecule has 0 unspecified atom stereocenters. The van der Waals surface area contributed by atoms with Crippen LogP contribution >= 0.6 is 11.6 Å². The van der Waals surface area contributed by atoms with Gasteiger partial charge in [0.1, 0.15) is 6.10 Å². The van der Waals surface area contributed by atoms with Crippen molar-refractivity contribution in [3.05, 3.63) is 46.0 Å². The van der Waals surface area contributed by atoms with Gasteiger partial charge in [-0.05, 0) is 146 Å². The molecule has 2 amide bonds. The molecule has 10 heteroatoms. The van der Waals surface area contributed by atoms with Crippen LogP contribution in [-0.4, -0.2) is 52.8 Å². The van der Waals surface area contributed by atoms with Crippen LogP contribution < -0.4 is 10.6 Å². The lowest BCUT2D eigenvalue weighted by atomic mass is 9.33. The quantitative estimate of drug-likeness (QED) is 0.199. The van der Waals surface area contributed by atoms with Gasteiger partial charge in [-0.3, -0.25) is 24.0 Å². The number of allylic oxidation sites excluding steroid dienone is 2. The van der Waals surface area contributed by atoms with Crippen molar-refractivity contribution in [1.82, 2.24) is 10.6 Å². The minimum atomic E-state index is -0.839. The molecule has 10 atom stereocenters. The topological polar surface area (TPSA) is 139 Å². The maximum atomic E-state index is 14.3. The fourth-order valence-corrected chi connectivity index (χ4v) is 16.2. The van der Waals surface area contributed by atoms with Gasteiger partial charge in [0.05, 0.1) is 17.4 Å². The average Bonchev–Trinajstić information content (AvgIpc) is 3.76. The molecular weight excluding hydrogens is 800 g/mol. The Kier molecular flexibility index (Phi) is 11.3. The summed E-state index contributed by atoms with van der Waals surface area (Å²) in [5.74, 6) is -0.839. The van der Waals surface area contributed by atoms with Gasteiger partial charge < -0.3 is 20.5 Å². The lowest BCUT2D eigenvalue weighted by Gasteiger charge is -2.72. The number of Topliss-reactive ketones (excluding diaryl/α,β-unsaturated/α-hetero) is 1. The molecular formula is C52H73ClN2O7. The first-order chi connectivity index (χ1) is 28.9. The number of rotatable bonds is 10. The SMILES string of the molecule is CC(C)C1=C2[C@H]3CC[C@@H]4[C@@]5(C)CC[C@H](OC(=O)[C@H]6C[C@@H](C(=O)O)C6(C)C)C(C)(C)[C@@H]5CC[C@@]4(C)[C@]3(C)CC[C@@]2(CC(=O)NCC2(NC(=O)c3ccc(Cl)cc3)CCCC2)CC1=O. The number of benzene rings is 1. The summed E-state index contributed by atoms with van der Waals surface area (Å²) in [6.07, 6.45) is 12.2. The summed E-state index contributed by atoms with van der Waals surface area (Å²) in [5.41, 5.74) is 0.972. The molecule has 0 aliphatic heterocycles. The van der Waals surface area contributed by atoms with Crippen molar-refractivity contribution in [2.75, 3.05) is 6.54 Å². The van der Waals surface area contributed by atoms with Crippen LogP contribution in [0.1, 0.15) is 169 Å². The fourth-order valence-electron chi connectivity index (χ4n) is 16.1. The van der Waals surface area contributed by atoms with E-state index in [9.17, 15) is 29.1 Å². The number of carbonyl (C=O) groups is 5. The standard InChI is InChI=1S/C52H73ClN2O7/c1-30(2)41-36(56)27-51(28-40(57)54-29-52(20-10-11-21-52)55-43(58)31-12-14-32(53)15-13-31)25-24-49(8)33(42(41)51)16-17-38-48(7)22-19-39(47(5,6)37(48)18-23-50(38,49)9)62-45(61)35-26-34(44(59)60)46(35,3)4/h12-15,30,33-35,37-39H,10-11,16-29H2,1-9H3,(H,54,57)(H,55,58)(H,59,60)/t33-,34+,35-,37+,38-,39+,48+,49-,50-,51+/m1/s1. The second-order valence-corrected chi connectivity index (χ2v) is 24.1. The molecule has 8 rings (SSSR count). The van der Waals surface area contributed by atoms with Gasteiger partial charge in [0.15, 0.2) is 5.78 Å². The van der Waals surface area contributed by atoms with Gasteiger partial charge in [-0.1, -0.05) is 92.3 Å². The largest absolute Gasteiger partial charge is 0.481 e. The Hall–Kier alpha value is -3.20. The molecule has 0 radical (unpaired) electrons. The first-order valence-corrected chi connectivity index (χ1v) is 24.4. The number of nitrogens with one attached hydrogen (secondary N) is 2. The van der Waals surface area contributed by atoms with E-state index in [2.05, 4.69) is 59.1 Å². The van der Waals surface area contributed by atoms with Crippen molar-refractivity contribution in [2.45, 2.75) is 170 Å². The van der Waals surface area contributed by atoms with Crippen molar-refractivity contribution in [2.24, 2.45) is 68.0 Å². The summed E-state index contributed by atoms with van der Waals surface area (Å²) in [7, 11) is 0. The Balaban J connectivity index is 1.000. The van der Waals surface area contributed by atoms with Crippen molar-refractivity contribution >= 4 is 41.1 Å². The van der Waals surface area contributed by atoms with E-state index in [4.69, 9.17) is 16.3 Å². The van der Waals surface area contributed by atoms with Gasteiger partial charge in [0.25, 0.3) is 5.91 Å². The molecule has 6 fully saturated rings. The van der Waals surface area contributed by atoms with Crippen LogP contribution in [0.5, 0.6) is 0 Å². The first-order valence-electron chi connectivity index (χ1n) is 24.0. The van der Waals surface area contributed by atoms with Gasteiger partial charge in [-0.2, -0.15) is 0 Å². The molecule has 0 spiro atoms. The van der Waals surface area contributed by atoms with E-state index in [-0.39, 0.29) is 63.2 Å². The third-order valence-electron chi connectivity index (χ3n) is 19.8. The van der Waals surface area contributed by atoms with Crippen LogP contribution in [0.3, 0.4) is 0 Å². The number of esters is 1. The Morgan fingerprint density at radius 1 is 0.806 bits per heavy atom. The molecule has 0 aromatic heterocycles. The number of carboxylic acid groups (broad SMARTS) is 1. The average molecular weight is 874 g/mol. The number of fused-ring (bicyclic) bond motifs is 7. The fraction of sp³-hybridized carbons (Fsp3) is 0.750. The number of amides is 2. The van der Waals surface area contributed by atoms with Crippen LogP contribution in [-0.2, 0) is 23.9 Å². The smallest absolute Gasteiger partial charge is 0.309 e. The van der Waals surface area contributed by atoms with Gasteiger partial charge in [0.2, 0.25) is 5.91 Å². The van der Waals surface area contributed by atoms with Gasteiger partial charge in [-0.25, -0.2) is 0 Å². The number of halogens is 1.